The molecule has 2 atom stereocenters. The van der Waals surface area contributed by atoms with Crippen LogP contribution in [0.1, 0.15) is 29.4 Å². The molecule has 1 aliphatic rings. The van der Waals surface area contributed by atoms with Gasteiger partial charge in [-0.25, -0.2) is 0 Å². The fourth-order valence-corrected chi connectivity index (χ4v) is 2.84. The Bertz CT molecular complexity index is 402. The highest BCUT2D eigenvalue weighted by atomic mass is 32.1. The van der Waals surface area contributed by atoms with E-state index in [0.717, 1.165) is 11.8 Å². The van der Waals surface area contributed by atoms with Crippen molar-refractivity contribution in [3.8, 4) is 0 Å². The Labute approximate surface area is 88.2 Å². The standard InChI is InChI=1S/C13H12S/c1-2-4-10(5-3-1)12-8-13(12)11-6-7-14-9-11/h1-7,9,12-13H,8H2/t12-,13-/m1/s1. The Morgan fingerprint density at radius 1 is 0.929 bits per heavy atom. The van der Waals surface area contributed by atoms with Crippen molar-refractivity contribution in [2.75, 3.05) is 0 Å². The van der Waals surface area contributed by atoms with Crippen LogP contribution in [0.4, 0.5) is 0 Å². The van der Waals surface area contributed by atoms with Crippen LogP contribution in [-0.2, 0) is 0 Å². The fourth-order valence-electron chi connectivity index (χ4n) is 2.12. The van der Waals surface area contributed by atoms with Crippen LogP contribution in [-0.4, -0.2) is 0 Å². The Morgan fingerprint density at radius 3 is 2.43 bits per heavy atom. The molecular formula is C13H12S. The van der Waals surface area contributed by atoms with E-state index >= 15 is 0 Å². The molecule has 0 aliphatic heterocycles. The SMILES string of the molecule is c1ccc([C@H]2C[C@@H]2c2ccsc2)cc1. The fraction of sp³-hybridized carbons (Fsp3) is 0.231. The van der Waals surface area contributed by atoms with Gasteiger partial charge in [-0.3, -0.25) is 0 Å². The highest BCUT2D eigenvalue weighted by Gasteiger charge is 2.39. The van der Waals surface area contributed by atoms with Gasteiger partial charge in [0, 0.05) is 0 Å². The first kappa shape index (κ1) is 8.25. The molecule has 0 amide bonds. The Kier molecular flexibility index (Phi) is 1.91. The molecule has 70 valence electrons. The lowest BCUT2D eigenvalue weighted by Gasteiger charge is -1.97. The van der Waals surface area contributed by atoms with Crippen LogP contribution < -0.4 is 0 Å². The van der Waals surface area contributed by atoms with Crippen molar-refractivity contribution in [1.29, 1.82) is 0 Å². The minimum absolute atomic E-state index is 0.783. The lowest BCUT2D eigenvalue weighted by molar-refractivity contribution is 1.03. The van der Waals surface area contributed by atoms with Crippen LogP contribution in [0.3, 0.4) is 0 Å². The zero-order valence-corrected chi connectivity index (χ0v) is 8.71. The van der Waals surface area contributed by atoms with E-state index in [0.29, 0.717) is 0 Å². The molecule has 0 N–H and O–H groups in total. The van der Waals surface area contributed by atoms with Gasteiger partial charge in [-0.2, -0.15) is 11.3 Å². The van der Waals surface area contributed by atoms with E-state index in [2.05, 4.69) is 47.2 Å². The predicted molar refractivity (Wildman–Crippen MR) is 60.9 cm³/mol. The first-order valence-electron chi connectivity index (χ1n) is 5.02. The number of thiophene rings is 1. The average molecular weight is 200 g/mol. The van der Waals surface area contributed by atoms with Gasteiger partial charge in [0.1, 0.15) is 0 Å². The molecule has 0 radical (unpaired) electrons. The average Bonchev–Trinajstić information content (AvgIpc) is 2.87. The number of hydrogen-bond acceptors (Lipinski definition) is 1. The summed E-state index contributed by atoms with van der Waals surface area (Å²) in [5, 5.41) is 4.46. The van der Waals surface area contributed by atoms with Gasteiger partial charge in [-0.1, -0.05) is 30.3 Å². The van der Waals surface area contributed by atoms with E-state index in [9.17, 15) is 0 Å². The van der Waals surface area contributed by atoms with Gasteiger partial charge >= 0.3 is 0 Å². The molecule has 0 unspecified atom stereocenters. The van der Waals surface area contributed by atoms with Crippen LogP contribution in [0.25, 0.3) is 0 Å². The molecule has 0 nitrogen and oxygen atoms in total. The summed E-state index contributed by atoms with van der Waals surface area (Å²) in [6.45, 7) is 0. The van der Waals surface area contributed by atoms with E-state index in [-0.39, 0.29) is 0 Å². The quantitative estimate of drug-likeness (QED) is 0.687. The largest absolute Gasteiger partial charge is 0.152 e. The minimum Gasteiger partial charge on any atom is -0.152 e. The van der Waals surface area contributed by atoms with E-state index < -0.39 is 0 Å². The van der Waals surface area contributed by atoms with Crippen LogP contribution in [0.5, 0.6) is 0 Å². The highest BCUT2D eigenvalue weighted by Crippen LogP contribution is 2.54. The predicted octanol–water partition coefficient (Wildman–Crippen LogP) is 4.02. The number of hydrogen-bond donors (Lipinski definition) is 0. The normalized spacial score (nSPS) is 24.9. The third kappa shape index (κ3) is 1.38. The lowest BCUT2D eigenvalue weighted by Crippen LogP contribution is -1.80. The van der Waals surface area contributed by atoms with Gasteiger partial charge in [0.15, 0.2) is 0 Å². The molecule has 1 aromatic carbocycles. The maximum Gasteiger partial charge on any atom is -0.00582 e. The van der Waals surface area contributed by atoms with Crippen LogP contribution >= 0.6 is 11.3 Å². The summed E-state index contributed by atoms with van der Waals surface area (Å²) < 4.78 is 0. The first-order valence-corrected chi connectivity index (χ1v) is 5.96. The first-order chi connectivity index (χ1) is 6.95. The summed E-state index contributed by atoms with van der Waals surface area (Å²) in [6, 6.07) is 13.1. The molecule has 0 spiro atoms. The molecule has 1 saturated carbocycles. The molecule has 14 heavy (non-hydrogen) atoms. The van der Waals surface area contributed by atoms with Gasteiger partial charge < -0.3 is 0 Å². The molecule has 1 aliphatic carbocycles. The maximum absolute atomic E-state index is 2.29. The Hall–Kier alpha value is -1.08. The number of rotatable bonds is 2. The lowest BCUT2D eigenvalue weighted by atomic mass is 10.1. The van der Waals surface area contributed by atoms with E-state index in [4.69, 9.17) is 0 Å². The van der Waals surface area contributed by atoms with Crippen molar-refractivity contribution in [2.45, 2.75) is 18.3 Å². The van der Waals surface area contributed by atoms with E-state index in [1.807, 2.05) is 0 Å². The Balaban J connectivity index is 1.81. The van der Waals surface area contributed by atoms with Crippen molar-refractivity contribution in [3.63, 3.8) is 0 Å². The summed E-state index contributed by atoms with van der Waals surface area (Å²) in [5.74, 6) is 1.58. The summed E-state index contributed by atoms with van der Waals surface area (Å²) >= 11 is 1.81. The summed E-state index contributed by atoms with van der Waals surface area (Å²) in [4.78, 5) is 0. The molecule has 1 heteroatoms. The second-order valence-electron chi connectivity index (χ2n) is 3.92. The van der Waals surface area contributed by atoms with Crippen molar-refractivity contribution in [1.82, 2.24) is 0 Å². The minimum atomic E-state index is 0.783. The van der Waals surface area contributed by atoms with Crippen molar-refractivity contribution in [2.24, 2.45) is 0 Å². The second kappa shape index (κ2) is 3.25. The van der Waals surface area contributed by atoms with Gasteiger partial charge in [-0.15, -0.1) is 0 Å². The van der Waals surface area contributed by atoms with Crippen LogP contribution in [0.2, 0.25) is 0 Å². The molecular weight excluding hydrogens is 188 g/mol. The summed E-state index contributed by atoms with van der Waals surface area (Å²) in [6.07, 6.45) is 1.33. The van der Waals surface area contributed by atoms with Gasteiger partial charge in [0.2, 0.25) is 0 Å². The van der Waals surface area contributed by atoms with Crippen LogP contribution in [0, 0.1) is 0 Å². The zero-order chi connectivity index (χ0) is 9.38. The van der Waals surface area contributed by atoms with Crippen molar-refractivity contribution < 1.29 is 0 Å². The van der Waals surface area contributed by atoms with E-state index in [1.54, 1.807) is 11.3 Å². The second-order valence-corrected chi connectivity index (χ2v) is 4.70. The monoisotopic (exact) mass is 200 g/mol. The molecule has 3 rings (SSSR count). The number of benzene rings is 1. The smallest absolute Gasteiger partial charge is 0.00582 e. The van der Waals surface area contributed by atoms with Gasteiger partial charge in [-0.05, 0) is 46.2 Å². The third-order valence-electron chi connectivity index (χ3n) is 2.99. The highest BCUT2D eigenvalue weighted by molar-refractivity contribution is 7.08. The van der Waals surface area contributed by atoms with Gasteiger partial charge in [0.25, 0.3) is 0 Å². The third-order valence-corrected chi connectivity index (χ3v) is 3.69. The van der Waals surface area contributed by atoms with Gasteiger partial charge in [0.05, 0.1) is 0 Å². The molecule has 1 aromatic heterocycles. The zero-order valence-electron chi connectivity index (χ0n) is 7.89. The van der Waals surface area contributed by atoms with Crippen LogP contribution in [0.15, 0.2) is 47.2 Å². The topological polar surface area (TPSA) is 0 Å². The summed E-state index contributed by atoms with van der Waals surface area (Å²) in [5.41, 5.74) is 3.03. The molecule has 1 fully saturated rings. The summed E-state index contributed by atoms with van der Waals surface area (Å²) in [7, 11) is 0. The molecule has 2 aromatic rings. The van der Waals surface area contributed by atoms with E-state index in [1.165, 1.54) is 17.5 Å². The maximum atomic E-state index is 2.29. The van der Waals surface area contributed by atoms with Crippen molar-refractivity contribution in [3.05, 3.63) is 58.3 Å². The Morgan fingerprint density at radius 2 is 1.71 bits per heavy atom. The van der Waals surface area contributed by atoms with Crippen molar-refractivity contribution >= 4 is 11.3 Å². The molecule has 0 bridgehead atoms. The molecule has 0 saturated heterocycles. The molecule has 1 heterocycles.